The predicted octanol–water partition coefficient (Wildman–Crippen LogP) is 5.92. The maximum Gasteiger partial charge on any atom is 0.0897 e. The standard InChI is InChI=1S/C22H36N2/c1-17(2)8-7-11-23-12-13-24(16-23)15-21-14-20(18(3)4)9-10-22(21)19(5)6/h9-10,12-14,17-19H,7-8,11,15-16H2,1-6H3. The number of nitrogens with zero attached hydrogens (tertiary/aromatic N) is 2. The van der Waals surface area contributed by atoms with Crippen LogP contribution in [0.4, 0.5) is 0 Å². The zero-order valence-corrected chi connectivity index (χ0v) is 16.5. The van der Waals surface area contributed by atoms with Crippen LogP contribution >= 0.6 is 0 Å². The van der Waals surface area contributed by atoms with Gasteiger partial charge in [-0.2, -0.15) is 0 Å². The monoisotopic (exact) mass is 328 g/mol. The molecule has 0 saturated heterocycles. The first-order chi connectivity index (χ1) is 11.4. The highest BCUT2D eigenvalue weighted by Gasteiger charge is 2.16. The van der Waals surface area contributed by atoms with Gasteiger partial charge in [-0.1, -0.05) is 59.7 Å². The Kier molecular flexibility index (Phi) is 6.77. The van der Waals surface area contributed by atoms with E-state index in [1.54, 1.807) is 0 Å². The summed E-state index contributed by atoms with van der Waals surface area (Å²) >= 11 is 0. The Labute approximate surface area is 149 Å². The van der Waals surface area contributed by atoms with Crippen LogP contribution in [-0.2, 0) is 6.54 Å². The first-order valence-electron chi connectivity index (χ1n) is 9.66. The largest absolute Gasteiger partial charge is 0.359 e. The van der Waals surface area contributed by atoms with E-state index in [0.717, 1.165) is 19.1 Å². The summed E-state index contributed by atoms with van der Waals surface area (Å²) in [6.07, 6.45) is 7.14. The van der Waals surface area contributed by atoms with Gasteiger partial charge in [-0.05, 0) is 47.3 Å². The number of benzene rings is 1. The van der Waals surface area contributed by atoms with Crippen molar-refractivity contribution >= 4 is 0 Å². The van der Waals surface area contributed by atoms with Crippen molar-refractivity contribution in [3.05, 3.63) is 47.3 Å². The van der Waals surface area contributed by atoms with E-state index in [2.05, 4.69) is 81.9 Å². The van der Waals surface area contributed by atoms with Gasteiger partial charge in [0.25, 0.3) is 0 Å². The Morgan fingerprint density at radius 1 is 0.917 bits per heavy atom. The second-order valence-corrected chi connectivity index (χ2v) is 8.30. The van der Waals surface area contributed by atoms with Crippen molar-refractivity contribution in [3.63, 3.8) is 0 Å². The minimum Gasteiger partial charge on any atom is -0.359 e. The van der Waals surface area contributed by atoms with Crippen molar-refractivity contribution < 1.29 is 0 Å². The normalized spacial score (nSPS) is 14.7. The maximum atomic E-state index is 2.45. The molecule has 24 heavy (non-hydrogen) atoms. The summed E-state index contributed by atoms with van der Waals surface area (Å²) < 4.78 is 0. The van der Waals surface area contributed by atoms with E-state index < -0.39 is 0 Å². The van der Waals surface area contributed by atoms with Crippen molar-refractivity contribution in [1.29, 1.82) is 0 Å². The van der Waals surface area contributed by atoms with Gasteiger partial charge in [0, 0.05) is 25.5 Å². The van der Waals surface area contributed by atoms with Crippen LogP contribution in [0.25, 0.3) is 0 Å². The molecule has 1 aliphatic rings. The van der Waals surface area contributed by atoms with Crippen molar-refractivity contribution in [2.24, 2.45) is 5.92 Å². The molecule has 1 heterocycles. The second kappa shape index (κ2) is 8.60. The van der Waals surface area contributed by atoms with E-state index in [-0.39, 0.29) is 0 Å². The molecule has 0 N–H and O–H groups in total. The molecule has 0 fully saturated rings. The molecule has 0 amide bonds. The summed E-state index contributed by atoms with van der Waals surface area (Å²) in [4.78, 5) is 4.89. The topological polar surface area (TPSA) is 6.48 Å². The van der Waals surface area contributed by atoms with Crippen LogP contribution < -0.4 is 0 Å². The fourth-order valence-electron chi connectivity index (χ4n) is 3.37. The summed E-state index contributed by atoms with van der Waals surface area (Å²) in [6.45, 7) is 17.0. The van der Waals surface area contributed by atoms with Crippen molar-refractivity contribution in [2.75, 3.05) is 13.2 Å². The molecule has 134 valence electrons. The molecule has 0 atom stereocenters. The molecule has 0 aromatic heterocycles. The number of rotatable bonds is 8. The van der Waals surface area contributed by atoms with Crippen LogP contribution in [0.3, 0.4) is 0 Å². The molecule has 0 saturated carbocycles. The van der Waals surface area contributed by atoms with Crippen LogP contribution in [0.2, 0.25) is 0 Å². The molecular formula is C22H36N2. The lowest BCUT2D eigenvalue weighted by molar-refractivity contribution is 0.253. The van der Waals surface area contributed by atoms with Gasteiger partial charge in [0.15, 0.2) is 0 Å². The van der Waals surface area contributed by atoms with Gasteiger partial charge < -0.3 is 9.80 Å². The lowest BCUT2D eigenvalue weighted by Gasteiger charge is -2.24. The molecule has 1 aromatic rings. The average molecular weight is 329 g/mol. The first kappa shape index (κ1) is 18.9. The van der Waals surface area contributed by atoms with E-state index in [0.29, 0.717) is 11.8 Å². The summed E-state index contributed by atoms with van der Waals surface area (Å²) in [5.74, 6) is 1.97. The summed E-state index contributed by atoms with van der Waals surface area (Å²) in [6, 6.07) is 7.08. The highest BCUT2D eigenvalue weighted by molar-refractivity contribution is 5.35. The lowest BCUT2D eigenvalue weighted by Crippen LogP contribution is -2.26. The third-order valence-corrected chi connectivity index (χ3v) is 4.91. The first-order valence-corrected chi connectivity index (χ1v) is 9.66. The molecule has 0 aliphatic carbocycles. The van der Waals surface area contributed by atoms with Crippen LogP contribution in [0, 0.1) is 5.92 Å². The smallest absolute Gasteiger partial charge is 0.0897 e. The molecule has 1 aromatic carbocycles. The molecule has 0 unspecified atom stereocenters. The average Bonchev–Trinajstić information content (AvgIpc) is 2.94. The Morgan fingerprint density at radius 2 is 1.62 bits per heavy atom. The molecule has 2 heteroatoms. The Morgan fingerprint density at radius 3 is 2.25 bits per heavy atom. The maximum absolute atomic E-state index is 2.45. The minimum absolute atomic E-state index is 0.579. The molecule has 1 aliphatic heterocycles. The third kappa shape index (κ3) is 5.29. The van der Waals surface area contributed by atoms with Crippen LogP contribution in [0.5, 0.6) is 0 Å². The van der Waals surface area contributed by atoms with E-state index in [1.165, 1.54) is 36.1 Å². The highest BCUT2D eigenvalue weighted by atomic mass is 15.3. The molecule has 2 rings (SSSR count). The minimum atomic E-state index is 0.579. The van der Waals surface area contributed by atoms with Crippen molar-refractivity contribution in [3.8, 4) is 0 Å². The van der Waals surface area contributed by atoms with Gasteiger partial charge >= 0.3 is 0 Å². The zero-order valence-electron chi connectivity index (χ0n) is 16.5. The zero-order chi connectivity index (χ0) is 17.7. The Bertz CT molecular complexity index is 543. The van der Waals surface area contributed by atoms with Crippen molar-refractivity contribution in [2.45, 2.75) is 72.8 Å². The van der Waals surface area contributed by atoms with Crippen LogP contribution in [-0.4, -0.2) is 23.0 Å². The quantitative estimate of drug-likeness (QED) is 0.585. The van der Waals surface area contributed by atoms with Gasteiger partial charge in [0.1, 0.15) is 0 Å². The van der Waals surface area contributed by atoms with Crippen molar-refractivity contribution in [1.82, 2.24) is 9.80 Å². The summed E-state index contributed by atoms with van der Waals surface area (Å²) in [5.41, 5.74) is 4.43. The fourth-order valence-corrected chi connectivity index (χ4v) is 3.37. The summed E-state index contributed by atoms with van der Waals surface area (Å²) in [7, 11) is 0. The number of hydrogen-bond acceptors (Lipinski definition) is 2. The SMILES string of the molecule is CC(C)CCCN1C=CN(Cc2cc(C(C)C)ccc2C(C)C)C1. The van der Waals surface area contributed by atoms with Gasteiger partial charge in [-0.15, -0.1) is 0 Å². The summed E-state index contributed by atoms with van der Waals surface area (Å²) in [5, 5.41) is 0. The van der Waals surface area contributed by atoms with E-state index >= 15 is 0 Å². The molecule has 0 spiro atoms. The molecule has 2 nitrogen and oxygen atoms in total. The predicted molar refractivity (Wildman–Crippen MR) is 105 cm³/mol. The third-order valence-electron chi connectivity index (χ3n) is 4.91. The van der Waals surface area contributed by atoms with Gasteiger partial charge in [0.05, 0.1) is 6.67 Å². The second-order valence-electron chi connectivity index (χ2n) is 8.30. The van der Waals surface area contributed by atoms with Crippen LogP contribution in [0.1, 0.15) is 82.9 Å². The number of hydrogen-bond donors (Lipinski definition) is 0. The van der Waals surface area contributed by atoms with E-state index in [9.17, 15) is 0 Å². The van der Waals surface area contributed by atoms with Gasteiger partial charge in [-0.3, -0.25) is 0 Å². The van der Waals surface area contributed by atoms with E-state index in [1.807, 2.05) is 0 Å². The molecule has 0 bridgehead atoms. The van der Waals surface area contributed by atoms with Gasteiger partial charge in [0.2, 0.25) is 0 Å². The fraction of sp³-hybridized carbons (Fsp3) is 0.636. The van der Waals surface area contributed by atoms with Gasteiger partial charge in [-0.25, -0.2) is 0 Å². The van der Waals surface area contributed by atoms with Crippen LogP contribution in [0.15, 0.2) is 30.6 Å². The molecular weight excluding hydrogens is 292 g/mol. The molecule has 0 radical (unpaired) electrons. The highest BCUT2D eigenvalue weighted by Crippen LogP contribution is 2.26. The Balaban J connectivity index is 1.98. The van der Waals surface area contributed by atoms with E-state index in [4.69, 9.17) is 0 Å². The Hall–Kier alpha value is -1.44. The lowest BCUT2D eigenvalue weighted by atomic mass is 9.92.